The van der Waals surface area contributed by atoms with Crippen LogP contribution in [0.2, 0.25) is 0 Å². The zero-order valence-corrected chi connectivity index (χ0v) is 17.4. The topological polar surface area (TPSA) is 46.0 Å². The van der Waals surface area contributed by atoms with Gasteiger partial charge in [0.15, 0.2) is 11.6 Å². The summed E-state index contributed by atoms with van der Waals surface area (Å²) in [7, 11) is 0. The molecule has 0 saturated heterocycles. The smallest absolute Gasteiger partial charge is 0.161 e. The lowest BCUT2D eigenvalue weighted by Gasteiger charge is -2.18. The molecule has 0 fully saturated rings. The Morgan fingerprint density at radius 1 is 0.731 bits per heavy atom. The number of fused-ring (bicyclic) bond motifs is 2. The van der Waals surface area contributed by atoms with Crippen LogP contribution in [0.1, 0.15) is 17.2 Å². The number of pyridine rings is 2. The predicted octanol–water partition coefficient (Wildman–Crippen LogP) is 5.35. The van der Waals surface area contributed by atoms with Gasteiger partial charge in [0.05, 0.1) is 11.0 Å². The number of hydrogen-bond donors (Lipinski definition) is 1. The molecule has 7 heteroatoms. The van der Waals surface area contributed by atoms with Gasteiger partial charge in [-0.2, -0.15) is 0 Å². The van der Waals surface area contributed by atoms with E-state index in [1.807, 2.05) is 0 Å². The Bertz CT molecular complexity index is 1080. The van der Waals surface area contributed by atoms with Gasteiger partial charge < -0.3 is 5.11 Å². The second-order valence-corrected chi connectivity index (χ2v) is 7.74. The lowest BCUT2D eigenvalue weighted by Crippen LogP contribution is -2.11. The fourth-order valence-electron chi connectivity index (χ4n) is 3.05. The molecule has 2 aromatic heterocycles. The third-order valence-corrected chi connectivity index (χ3v) is 5.64. The second-order valence-electron chi connectivity index (χ2n) is 5.70. The molecule has 0 bridgehead atoms. The molecule has 26 heavy (non-hydrogen) atoms. The van der Waals surface area contributed by atoms with Crippen LogP contribution in [0.15, 0.2) is 48.5 Å². The van der Waals surface area contributed by atoms with Gasteiger partial charge in [-0.1, -0.05) is 36.4 Å². The van der Waals surface area contributed by atoms with Crippen LogP contribution in [0.4, 0.5) is 8.78 Å². The molecule has 4 rings (SSSR count). The highest BCUT2D eigenvalue weighted by atomic mass is 127. The molecule has 0 aliphatic carbocycles. The number of benzene rings is 2. The predicted molar refractivity (Wildman–Crippen MR) is 113 cm³/mol. The first-order chi connectivity index (χ1) is 12.5. The third kappa shape index (κ3) is 2.85. The van der Waals surface area contributed by atoms with Crippen LogP contribution < -0.4 is 0 Å². The van der Waals surface area contributed by atoms with Crippen molar-refractivity contribution >= 4 is 67.0 Å². The summed E-state index contributed by atoms with van der Waals surface area (Å²) in [5.74, 6) is -1.29. The number of aliphatic hydroxyl groups excluding tert-OH is 1. The SMILES string of the molecule is OC(c1c(F)c(I)nc2ccccc12)c1c(F)c(I)nc2ccccc12. The molecule has 3 nitrogen and oxygen atoms in total. The molecule has 0 atom stereocenters. The van der Waals surface area contributed by atoms with Crippen LogP contribution in [-0.2, 0) is 0 Å². The van der Waals surface area contributed by atoms with E-state index in [0.29, 0.717) is 21.8 Å². The highest BCUT2D eigenvalue weighted by Gasteiger charge is 2.27. The first kappa shape index (κ1) is 17.9. The molecule has 4 aromatic rings. The van der Waals surface area contributed by atoms with Crippen molar-refractivity contribution in [2.24, 2.45) is 0 Å². The van der Waals surface area contributed by atoms with E-state index < -0.39 is 17.7 Å². The first-order valence-corrected chi connectivity index (χ1v) is 9.80. The molecular formula is C19H10F2I2N2O. The van der Waals surface area contributed by atoms with Gasteiger partial charge in [0, 0.05) is 21.9 Å². The van der Waals surface area contributed by atoms with Gasteiger partial charge in [-0.3, -0.25) is 0 Å². The molecule has 2 aromatic carbocycles. The van der Waals surface area contributed by atoms with Gasteiger partial charge >= 0.3 is 0 Å². The maximum absolute atomic E-state index is 14.9. The van der Waals surface area contributed by atoms with E-state index in [-0.39, 0.29) is 18.5 Å². The summed E-state index contributed by atoms with van der Waals surface area (Å²) >= 11 is 3.56. The first-order valence-electron chi connectivity index (χ1n) is 7.64. The number of hydrogen-bond acceptors (Lipinski definition) is 3. The molecule has 130 valence electrons. The van der Waals surface area contributed by atoms with Gasteiger partial charge in [0.1, 0.15) is 13.5 Å². The fourth-order valence-corrected chi connectivity index (χ4v) is 4.15. The Morgan fingerprint density at radius 2 is 1.12 bits per heavy atom. The summed E-state index contributed by atoms with van der Waals surface area (Å²) in [5, 5.41) is 12.0. The monoisotopic (exact) mass is 574 g/mol. The van der Waals surface area contributed by atoms with E-state index in [4.69, 9.17) is 0 Å². The largest absolute Gasteiger partial charge is 0.383 e. The Balaban J connectivity index is 2.08. The molecule has 0 spiro atoms. The maximum atomic E-state index is 14.9. The Kier molecular flexibility index (Phi) is 4.78. The van der Waals surface area contributed by atoms with Gasteiger partial charge in [-0.05, 0) is 57.3 Å². The van der Waals surface area contributed by atoms with Crippen LogP contribution >= 0.6 is 45.2 Å². The molecule has 0 radical (unpaired) electrons. The molecule has 1 N–H and O–H groups in total. The van der Waals surface area contributed by atoms with E-state index in [0.717, 1.165) is 0 Å². The Hall–Kier alpha value is -1.46. The van der Waals surface area contributed by atoms with E-state index in [2.05, 4.69) is 9.97 Å². The van der Waals surface area contributed by atoms with Crippen molar-refractivity contribution in [2.75, 3.05) is 0 Å². The summed E-state index contributed by atoms with van der Waals surface area (Å²) in [6.45, 7) is 0. The standard InChI is InChI=1S/C19H10F2I2N2O/c20-15-13(9-5-1-3-7-11(9)24-18(15)22)17(26)14-10-6-2-4-8-12(10)25-19(23)16(14)21/h1-8,17,26H. The maximum Gasteiger partial charge on any atom is 0.161 e. The van der Waals surface area contributed by atoms with E-state index in [9.17, 15) is 13.9 Å². The van der Waals surface area contributed by atoms with Crippen LogP contribution in [0, 0.1) is 19.0 Å². The molecular weight excluding hydrogens is 564 g/mol. The van der Waals surface area contributed by atoms with Crippen molar-refractivity contribution in [3.05, 3.63) is 78.7 Å². The number of aliphatic hydroxyl groups is 1. The zero-order valence-electron chi connectivity index (χ0n) is 13.0. The van der Waals surface area contributed by atoms with Gasteiger partial charge in [-0.25, -0.2) is 18.7 Å². The normalized spacial score (nSPS) is 11.6. The third-order valence-electron chi connectivity index (χ3n) is 4.21. The number of nitrogens with zero attached hydrogens (tertiary/aromatic N) is 2. The van der Waals surface area contributed by atoms with Crippen LogP contribution in [0.5, 0.6) is 0 Å². The molecule has 0 saturated carbocycles. The van der Waals surface area contributed by atoms with Crippen molar-refractivity contribution in [3.8, 4) is 0 Å². The van der Waals surface area contributed by atoms with E-state index in [1.54, 1.807) is 93.7 Å². The summed E-state index contributed by atoms with van der Waals surface area (Å²) in [6.07, 6.45) is -1.49. The molecule has 0 amide bonds. The summed E-state index contributed by atoms with van der Waals surface area (Å²) < 4.78 is 30.1. The summed E-state index contributed by atoms with van der Waals surface area (Å²) in [6, 6.07) is 13.8. The van der Waals surface area contributed by atoms with Crippen LogP contribution in [0.25, 0.3) is 21.8 Å². The van der Waals surface area contributed by atoms with Crippen molar-refractivity contribution in [3.63, 3.8) is 0 Å². The number of rotatable bonds is 2. The van der Waals surface area contributed by atoms with Gasteiger partial charge in [0.2, 0.25) is 0 Å². The summed E-state index contributed by atoms with van der Waals surface area (Å²) in [4.78, 5) is 8.41. The quantitative estimate of drug-likeness (QED) is 0.260. The van der Waals surface area contributed by atoms with Crippen molar-refractivity contribution in [2.45, 2.75) is 6.10 Å². The van der Waals surface area contributed by atoms with E-state index >= 15 is 0 Å². The van der Waals surface area contributed by atoms with Crippen molar-refractivity contribution < 1.29 is 13.9 Å². The molecule has 0 aliphatic heterocycles. The molecule has 0 aliphatic rings. The average Bonchev–Trinajstić information content (AvgIpc) is 2.63. The minimum atomic E-state index is -1.49. The number of halogens is 4. The fraction of sp³-hybridized carbons (Fsp3) is 0.0526. The minimum Gasteiger partial charge on any atom is -0.383 e. The van der Waals surface area contributed by atoms with E-state index in [1.165, 1.54) is 0 Å². The van der Waals surface area contributed by atoms with Gasteiger partial charge in [0.25, 0.3) is 0 Å². The number of para-hydroxylation sites is 2. The highest BCUT2D eigenvalue weighted by Crippen LogP contribution is 2.37. The van der Waals surface area contributed by atoms with Crippen LogP contribution in [0.3, 0.4) is 0 Å². The lowest BCUT2D eigenvalue weighted by atomic mass is 9.95. The Labute approximate surface area is 174 Å². The van der Waals surface area contributed by atoms with Crippen molar-refractivity contribution in [1.82, 2.24) is 9.97 Å². The second kappa shape index (κ2) is 6.93. The van der Waals surface area contributed by atoms with Crippen LogP contribution in [-0.4, -0.2) is 15.1 Å². The molecule has 2 heterocycles. The van der Waals surface area contributed by atoms with Crippen molar-refractivity contribution in [1.29, 1.82) is 0 Å². The highest BCUT2D eigenvalue weighted by molar-refractivity contribution is 14.1. The molecule has 0 unspecified atom stereocenters. The zero-order chi connectivity index (χ0) is 18.4. The lowest BCUT2D eigenvalue weighted by molar-refractivity contribution is 0.212. The average molecular weight is 574 g/mol. The minimum absolute atomic E-state index is 0.0195. The van der Waals surface area contributed by atoms with Gasteiger partial charge in [-0.15, -0.1) is 0 Å². The summed E-state index contributed by atoms with van der Waals surface area (Å²) in [5.41, 5.74) is 1.12. The Morgan fingerprint density at radius 3 is 1.54 bits per heavy atom. The number of aromatic nitrogens is 2.